The molecule has 1 aromatic rings. The maximum atomic E-state index is 5.29. The monoisotopic (exact) mass is 154 g/mol. The highest BCUT2D eigenvalue weighted by Gasteiger charge is 2.26. The van der Waals surface area contributed by atoms with E-state index in [0.717, 1.165) is 18.0 Å². The predicted molar refractivity (Wildman–Crippen MR) is 41.6 cm³/mol. The molecule has 0 amide bonds. The third kappa shape index (κ3) is 1.10. The van der Waals surface area contributed by atoms with Crippen LogP contribution in [0.4, 0.5) is 0 Å². The maximum absolute atomic E-state index is 5.29. The zero-order chi connectivity index (χ0) is 6.81. The van der Waals surface area contributed by atoms with E-state index in [1.54, 1.807) is 11.3 Å². The van der Waals surface area contributed by atoms with E-state index in [-0.39, 0.29) is 7.12 Å². The summed E-state index contributed by atoms with van der Waals surface area (Å²) in [5, 5.41) is 2.03. The van der Waals surface area contributed by atoms with Gasteiger partial charge in [-0.15, -0.1) is 0 Å². The van der Waals surface area contributed by atoms with Crippen LogP contribution in [0.5, 0.6) is 0 Å². The van der Waals surface area contributed by atoms with E-state index in [4.69, 9.17) is 9.31 Å². The third-order valence-electron chi connectivity index (χ3n) is 1.40. The Kier molecular flexibility index (Phi) is 1.75. The molecule has 2 heterocycles. The van der Waals surface area contributed by atoms with Crippen molar-refractivity contribution in [3.63, 3.8) is 0 Å². The van der Waals surface area contributed by atoms with Gasteiger partial charge in [-0.25, -0.2) is 0 Å². The van der Waals surface area contributed by atoms with Crippen molar-refractivity contribution in [3.05, 3.63) is 17.5 Å². The van der Waals surface area contributed by atoms with Gasteiger partial charge in [0.15, 0.2) is 0 Å². The van der Waals surface area contributed by atoms with E-state index in [9.17, 15) is 0 Å². The van der Waals surface area contributed by atoms with Gasteiger partial charge >= 0.3 is 7.12 Å². The Bertz CT molecular complexity index is 194. The summed E-state index contributed by atoms with van der Waals surface area (Å²) in [4.78, 5) is 0. The molecule has 2 rings (SSSR count). The van der Waals surface area contributed by atoms with E-state index in [1.165, 1.54) is 0 Å². The first kappa shape index (κ1) is 6.40. The minimum absolute atomic E-state index is 0.0833. The SMILES string of the molecule is c1csc(B2OCCO2)c1. The highest BCUT2D eigenvalue weighted by molar-refractivity contribution is 7.20. The molecule has 0 aromatic carbocycles. The summed E-state index contributed by atoms with van der Waals surface area (Å²) in [5.74, 6) is 0. The van der Waals surface area contributed by atoms with Crippen LogP contribution in [-0.2, 0) is 9.31 Å². The molecular formula is C6H7BO2S. The van der Waals surface area contributed by atoms with Crippen LogP contribution >= 0.6 is 11.3 Å². The largest absolute Gasteiger partial charge is 0.504 e. The fourth-order valence-electron chi connectivity index (χ4n) is 0.948. The first-order valence-corrected chi connectivity index (χ1v) is 4.11. The van der Waals surface area contributed by atoms with Crippen LogP contribution in [0.25, 0.3) is 0 Å². The molecule has 2 nitrogen and oxygen atoms in total. The van der Waals surface area contributed by atoms with E-state index in [1.807, 2.05) is 17.5 Å². The molecule has 0 unspecified atom stereocenters. The van der Waals surface area contributed by atoms with Crippen molar-refractivity contribution < 1.29 is 9.31 Å². The Labute approximate surface area is 63.9 Å². The second-order valence-corrected chi connectivity index (χ2v) is 3.07. The molecule has 1 aliphatic rings. The fraction of sp³-hybridized carbons (Fsp3) is 0.333. The second-order valence-electron chi connectivity index (χ2n) is 2.09. The molecule has 1 fully saturated rings. The normalized spacial score (nSPS) is 18.2. The highest BCUT2D eigenvalue weighted by Crippen LogP contribution is 2.03. The number of rotatable bonds is 1. The highest BCUT2D eigenvalue weighted by atomic mass is 32.1. The summed E-state index contributed by atoms with van der Waals surface area (Å²) >= 11 is 1.67. The van der Waals surface area contributed by atoms with Crippen LogP contribution in [0.3, 0.4) is 0 Å². The molecule has 0 spiro atoms. The maximum Gasteiger partial charge on any atom is 0.504 e. The Morgan fingerprint density at radius 3 is 2.80 bits per heavy atom. The van der Waals surface area contributed by atoms with Crippen molar-refractivity contribution >= 4 is 23.2 Å². The zero-order valence-electron chi connectivity index (χ0n) is 5.45. The molecule has 0 saturated carbocycles. The quantitative estimate of drug-likeness (QED) is 0.548. The standard InChI is InChI=1S/C6H7BO2S/c1-2-6(10-5-1)7-8-3-4-9-7/h1-2,5H,3-4H2. The smallest absolute Gasteiger partial charge is 0.404 e. The summed E-state index contributed by atoms with van der Waals surface area (Å²) in [6.07, 6.45) is 0. The first-order valence-electron chi connectivity index (χ1n) is 3.23. The van der Waals surface area contributed by atoms with Crippen molar-refractivity contribution in [2.75, 3.05) is 13.2 Å². The van der Waals surface area contributed by atoms with Crippen LogP contribution in [0.2, 0.25) is 0 Å². The van der Waals surface area contributed by atoms with Gasteiger partial charge in [0.2, 0.25) is 0 Å². The molecule has 4 heteroatoms. The van der Waals surface area contributed by atoms with E-state index in [0.29, 0.717) is 0 Å². The number of hydrogen-bond donors (Lipinski definition) is 0. The minimum atomic E-state index is -0.0833. The number of hydrogen-bond acceptors (Lipinski definition) is 3. The van der Waals surface area contributed by atoms with Crippen LogP contribution in [0, 0.1) is 0 Å². The molecule has 10 heavy (non-hydrogen) atoms. The molecule has 0 radical (unpaired) electrons. The average molecular weight is 154 g/mol. The van der Waals surface area contributed by atoms with Crippen molar-refractivity contribution in [1.29, 1.82) is 0 Å². The van der Waals surface area contributed by atoms with Gasteiger partial charge in [-0.05, 0) is 5.38 Å². The molecule has 0 atom stereocenters. The average Bonchev–Trinajstić information content (AvgIpc) is 2.59. The Balaban J connectivity index is 2.12. The third-order valence-corrected chi connectivity index (χ3v) is 2.29. The molecule has 1 saturated heterocycles. The molecular weight excluding hydrogens is 147 g/mol. The lowest BCUT2D eigenvalue weighted by atomic mass is 9.89. The van der Waals surface area contributed by atoms with Gasteiger partial charge < -0.3 is 9.31 Å². The van der Waals surface area contributed by atoms with E-state index in [2.05, 4.69) is 0 Å². The van der Waals surface area contributed by atoms with Crippen LogP contribution in [0.15, 0.2) is 17.5 Å². The summed E-state index contributed by atoms with van der Waals surface area (Å²) in [7, 11) is -0.0833. The van der Waals surface area contributed by atoms with Crippen LogP contribution < -0.4 is 4.78 Å². The summed E-state index contributed by atoms with van der Waals surface area (Å²) in [6, 6.07) is 4.03. The Morgan fingerprint density at radius 1 is 1.40 bits per heavy atom. The van der Waals surface area contributed by atoms with E-state index < -0.39 is 0 Å². The molecule has 1 aliphatic heterocycles. The zero-order valence-corrected chi connectivity index (χ0v) is 6.26. The Morgan fingerprint density at radius 2 is 2.20 bits per heavy atom. The first-order chi connectivity index (χ1) is 4.97. The van der Waals surface area contributed by atoms with Gasteiger partial charge in [-0.2, -0.15) is 11.3 Å². The van der Waals surface area contributed by atoms with Gasteiger partial charge in [0.25, 0.3) is 0 Å². The van der Waals surface area contributed by atoms with Crippen molar-refractivity contribution in [3.8, 4) is 0 Å². The van der Waals surface area contributed by atoms with Crippen molar-refractivity contribution in [2.24, 2.45) is 0 Å². The van der Waals surface area contributed by atoms with Gasteiger partial charge in [0.1, 0.15) is 0 Å². The van der Waals surface area contributed by atoms with E-state index >= 15 is 0 Å². The fourth-order valence-corrected chi connectivity index (χ4v) is 1.67. The Hall–Kier alpha value is -0.315. The lowest BCUT2D eigenvalue weighted by Gasteiger charge is -1.97. The second kappa shape index (κ2) is 2.74. The van der Waals surface area contributed by atoms with Crippen molar-refractivity contribution in [1.82, 2.24) is 0 Å². The van der Waals surface area contributed by atoms with Gasteiger partial charge in [0, 0.05) is 4.78 Å². The lowest BCUT2D eigenvalue weighted by molar-refractivity contribution is 0.365. The topological polar surface area (TPSA) is 18.5 Å². The summed E-state index contributed by atoms with van der Waals surface area (Å²) in [5.41, 5.74) is 0. The number of thiophene rings is 1. The van der Waals surface area contributed by atoms with Gasteiger partial charge in [-0.1, -0.05) is 12.1 Å². The molecule has 0 aliphatic carbocycles. The van der Waals surface area contributed by atoms with Crippen molar-refractivity contribution in [2.45, 2.75) is 0 Å². The van der Waals surface area contributed by atoms with Gasteiger partial charge in [0.05, 0.1) is 13.2 Å². The summed E-state index contributed by atoms with van der Waals surface area (Å²) in [6.45, 7) is 1.45. The minimum Gasteiger partial charge on any atom is -0.404 e. The summed E-state index contributed by atoms with van der Waals surface area (Å²) < 4.78 is 11.7. The van der Waals surface area contributed by atoms with Gasteiger partial charge in [-0.3, -0.25) is 0 Å². The molecule has 0 bridgehead atoms. The predicted octanol–water partition coefficient (Wildman–Crippen LogP) is 0.490. The van der Waals surface area contributed by atoms with Crippen LogP contribution in [0.1, 0.15) is 0 Å². The molecule has 52 valence electrons. The van der Waals surface area contributed by atoms with Crippen LogP contribution in [-0.4, -0.2) is 20.3 Å². The lowest BCUT2D eigenvalue weighted by Crippen LogP contribution is -2.28. The molecule has 0 N–H and O–H groups in total. The molecule has 1 aromatic heterocycles.